The second kappa shape index (κ2) is 9.81. The van der Waals surface area contributed by atoms with E-state index in [1.54, 1.807) is 0 Å². The average Bonchev–Trinajstić information content (AvgIpc) is 2.24. The minimum atomic E-state index is 0.266. The lowest BCUT2D eigenvalue weighted by Gasteiger charge is -1.91. The molecule has 0 bridgehead atoms. The van der Waals surface area contributed by atoms with E-state index < -0.39 is 0 Å². The Morgan fingerprint density at radius 3 is 2.40 bits per heavy atom. The number of unbranched alkanes of at least 4 members (excludes halogenated alkanes) is 2. The van der Waals surface area contributed by atoms with Gasteiger partial charge in [-0.15, -0.1) is 12.3 Å². The van der Waals surface area contributed by atoms with Gasteiger partial charge in [-0.2, -0.15) is 0 Å². The second-order valence-electron chi connectivity index (χ2n) is 2.91. The third-order valence-corrected chi connectivity index (χ3v) is 2.62. The number of para-hydroxylation sites is 1. The highest BCUT2D eigenvalue weighted by Crippen LogP contribution is 2.11. The molecular weight excluding hydrogens is 301 g/mol. The molecule has 0 unspecified atom stereocenters. The fourth-order valence-corrected chi connectivity index (χ4v) is 1.20. The smallest absolute Gasteiger partial charge is 0.0449 e. The molecule has 0 aromatic heterocycles. The van der Waals surface area contributed by atoms with Crippen LogP contribution in [0.3, 0.4) is 0 Å². The molecule has 0 saturated carbocycles. The molecule has 0 aliphatic rings. The van der Waals surface area contributed by atoms with Crippen LogP contribution in [0.1, 0.15) is 19.3 Å². The predicted molar refractivity (Wildman–Crippen MR) is 73.3 cm³/mol. The first-order valence-corrected chi connectivity index (χ1v) is 5.84. The normalized spacial score (nSPS) is 8.60. The van der Waals surface area contributed by atoms with E-state index in [9.17, 15) is 0 Å². The van der Waals surface area contributed by atoms with Crippen molar-refractivity contribution in [2.24, 2.45) is 0 Å². The zero-order chi connectivity index (χ0) is 11.5. The molecule has 0 radical (unpaired) electrons. The lowest BCUT2D eigenvalue weighted by Crippen LogP contribution is -1.85. The Kier molecular flexibility index (Phi) is 9.33. The van der Waals surface area contributed by atoms with Crippen molar-refractivity contribution in [2.75, 3.05) is 12.3 Å². The maximum atomic E-state index is 8.22. The molecule has 0 atom stereocenters. The minimum Gasteiger partial charge on any atom is -0.398 e. The number of terminal acetylenes is 1. The molecule has 0 fully saturated rings. The third kappa shape index (κ3) is 8.28. The molecule has 15 heavy (non-hydrogen) atoms. The highest BCUT2D eigenvalue weighted by molar-refractivity contribution is 14.1. The lowest BCUT2D eigenvalue weighted by atomic mass is 10.2. The number of hydrogen-bond donors (Lipinski definition) is 2. The van der Waals surface area contributed by atoms with Crippen LogP contribution in [-0.2, 0) is 0 Å². The molecule has 0 aliphatic carbocycles. The summed E-state index contributed by atoms with van der Waals surface area (Å²) in [4.78, 5) is 0. The van der Waals surface area contributed by atoms with Gasteiger partial charge in [0.15, 0.2) is 0 Å². The number of aliphatic hydroxyl groups excluding tert-OH is 1. The zero-order valence-electron chi connectivity index (χ0n) is 8.62. The number of halogens is 1. The fourth-order valence-electron chi connectivity index (χ4n) is 0.814. The Morgan fingerprint density at radius 1 is 1.33 bits per heavy atom. The largest absolute Gasteiger partial charge is 0.398 e. The molecule has 0 spiro atoms. The quantitative estimate of drug-likeness (QED) is 0.390. The predicted octanol–water partition coefficient (Wildman–Crippen LogP) is 2.66. The van der Waals surface area contributed by atoms with Gasteiger partial charge in [0.25, 0.3) is 0 Å². The molecule has 0 aliphatic heterocycles. The van der Waals surface area contributed by atoms with Crippen molar-refractivity contribution in [3.8, 4) is 12.3 Å². The Hall–Kier alpha value is -0.730. The fraction of sp³-hybridized carbons (Fsp3) is 0.333. The SMILES string of the molecule is C#CCCCCO.Nc1ccccc1I. The van der Waals surface area contributed by atoms with Crippen LogP contribution < -0.4 is 5.73 Å². The Balaban J connectivity index is 0.000000265. The first kappa shape index (κ1) is 14.3. The number of nitrogens with two attached hydrogens (primary N) is 1. The molecule has 1 aromatic rings. The highest BCUT2D eigenvalue weighted by Gasteiger charge is 1.86. The van der Waals surface area contributed by atoms with E-state index in [0.717, 1.165) is 28.5 Å². The first-order valence-electron chi connectivity index (χ1n) is 4.76. The lowest BCUT2D eigenvalue weighted by molar-refractivity contribution is 0.285. The molecule has 2 nitrogen and oxygen atoms in total. The van der Waals surface area contributed by atoms with Gasteiger partial charge in [0.2, 0.25) is 0 Å². The summed E-state index contributed by atoms with van der Waals surface area (Å²) in [6, 6.07) is 7.77. The van der Waals surface area contributed by atoms with Crippen LogP contribution in [0.4, 0.5) is 5.69 Å². The van der Waals surface area contributed by atoms with Gasteiger partial charge >= 0.3 is 0 Å². The summed E-state index contributed by atoms with van der Waals surface area (Å²) >= 11 is 2.20. The molecule has 3 heteroatoms. The maximum Gasteiger partial charge on any atom is 0.0449 e. The maximum absolute atomic E-state index is 8.22. The van der Waals surface area contributed by atoms with Crippen LogP contribution in [0, 0.1) is 15.9 Å². The molecule has 0 amide bonds. The van der Waals surface area contributed by atoms with E-state index in [1.807, 2.05) is 24.3 Å². The van der Waals surface area contributed by atoms with Crippen molar-refractivity contribution < 1.29 is 5.11 Å². The molecule has 3 N–H and O–H groups in total. The number of hydrogen-bond acceptors (Lipinski definition) is 2. The summed E-state index contributed by atoms with van der Waals surface area (Å²) in [6.07, 6.45) is 7.52. The highest BCUT2D eigenvalue weighted by atomic mass is 127. The van der Waals surface area contributed by atoms with Crippen LogP contribution in [-0.4, -0.2) is 11.7 Å². The minimum absolute atomic E-state index is 0.266. The van der Waals surface area contributed by atoms with Gasteiger partial charge in [0.05, 0.1) is 0 Å². The zero-order valence-corrected chi connectivity index (χ0v) is 10.8. The second-order valence-corrected chi connectivity index (χ2v) is 4.07. The number of benzene rings is 1. The number of anilines is 1. The van der Waals surface area contributed by atoms with E-state index in [0.29, 0.717) is 0 Å². The Morgan fingerprint density at radius 2 is 2.00 bits per heavy atom. The van der Waals surface area contributed by atoms with Crippen molar-refractivity contribution >= 4 is 28.3 Å². The van der Waals surface area contributed by atoms with E-state index in [-0.39, 0.29) is 6.61 Å². The summed E-state index contributed by atoms with van der Waals surface area (Å²) < 4.78 is 1.12. The molecule has 0 heterocycles. The van der Waals surface area contributed by atoms with Gasteiger partial charge < -0.3 is 10.8 Å². The van der Waals surface area contributed by atoms with Crippen LogP contribution >= 0.6 is 22.6 Å². The average molecular weight is 317 g/mol. The van der Waals surface area contributed by atoms with Gasteiger partial charge in [-0.25, -0.2) is 0 Å². The summed E-state index contributed by atoms with van der Waals surface area (Å²) in [7, 11) is 0. The number of rotatable bonds is 3. The van der Waals surface area contributed by atoms with E-state index >= 15 is 0 Å². The number of aliphatic hydroxyl groups is 1. The molecule has 82 valence electrons. The topological polar surface area (TPSA) is 46.2 Å². The summed E-state index contributed by atoms with van der Waals surface area (Å²) in [5.41, 5.74) is 6.37. The van der Waals surface area contributed by atoms with Crippen LogP contribution in [0.2, 0.25) is 0 Å². The molecule has 1 aromatic carbocycles. The van der Waals surface area contributed by atoms with Crippen molar-refractivity contribution in [3.05, 3.63) is 27.8 Å². The van der Waals surface area contributed by atoms with Gasteiger partial charge in [0, 0.05) is 22.3 Å². The molecule has 0 saturated heterocycles. The van der Waals surface area contributed by atoms with Gasteiger partial charge in [-0.3, -0.25) is 0 Å². The number of nitrogen functional groups attached to an aromatic ring is 1. The van der Waals surface area contributed by atoms with Crippen molar-refractivity contribution in [2.45, 2.75) is 19.3 Å². The van der Waals surface area contributed by atoms with Crippen LogP contribution in [0.5, 0.6) is 0 Å². The van der Waals surface area contributed by atoms with E-state index in [1.165, 1.54) is 0 Å². The summed E-state index contributed by atoms with van der Waals surface area (Å²) in [6.45, 7) is 0.266. The van der Waals surface area contributed by atoms with Crippen molar-refractivity contribution in [1.29, 1.82) is 0 Å². The van der Waals surface area contributed by atoms with Gasteiger partial charge in [-0.05, 0) is 47.6 Å². The van der Waals surface area contributed by atoms with Crippen molar-refractivity contribution in [3.63, 3.8) is 0 Å². The van der Waals surface area contributed by atoms with Crippen molar-refractivity contribution in [1.82, 2.24) is 0 Å². The van der Waals surface area contributed by atoms with Crippen LogP contribution in [0.15, 0.2) is 24.3 Å². The summed E-state index contributed by atoms with van der Waals surface area (Å²) in [5, 5.41) is 8.22. The Labute approximate surface area is 105 Å². The molecular formula is C12H16INO. The monoisotopic (exact) mass is 317 g/mol. The Bertz CT molecular complexity index is 286. The van der Waals surface area contributed by atoms with Crippen LogP contribution in [0.25, 0.3) is 0 Å². The van der Waals surface area contributed by atoms with E-state index in [2.05, 4.69) is 28.5 Å². The van der Waals surface area contributed by atoms with E-state index in [4.69, 9.17) is 17.3 Å². The molecule has 1 rings (SSSR count). The first-order chi connectivity index (χ1) is 7.22. The third-order valence-electron chi connectivity index (χ3n) is 1.63. The van der Waals surface area contributed by atoms with Gasteiger partial charge in [0.1, 0.15) is 0 Å². The standard InChI is InChI=1S/C6H6IN.C6H10O/c7-5-3-1-2-4-6(5)8;1-2-3-4-5-6-7/h1-4H,8H2;1,7H,3-6H2. The van der Waals surface area contributed by atoms with Gasteiger partial charge in [-0.1, -0.05) is 12.1 Å². The summed E-state index contributed by atoms with van der Waals surface area (Å²) in [5.74, 6) is 2.49.